The number of carbonyl (C=O) groups excluding carboxylic acids is 3. The fourth-order valence-corrected chi connectivity index (χ4v) is 3.83. The molecule has 0 bridgehead atoms. The molecule has 3 aromatic rings. The number of esters is 3. The van der Waals surface area contributed by atoms with Crippen LogP contribution in [0.25, 0.3) is 0 Å². The van der Waals surface area contributed by atoms with E-state index in [9.17, 15) is 14.4 Å². The molecule has 3 rings (SSSR count). The van der Waals surface area contributed by atoms with Gasteiger partial charge < -0.3 is 28.4 Å². The minimum Gasteiger partial charge on any atom is -0.494 e. The van der Waals surface area contributed by atoms with E-state index in [0.717, 1.165) is 29.9 Å². The van der Waals surface area contributed by atoms with Crippen LogP contribution in [0.2, 0.25) is 0 Å². The number of benzene rings is 3. The first-order valence-corrected chi connectivity index (χ1v) is 15.0. The van der Waals surface area contributed by atoms with Crippen molar-refractivity contribution in [2.75, 3.05) is 33.0 Å². The Morgan fingerprint density at radius 3 is 1.74 bits per heavy atom. The van der Waals surface area contributed by atoms with Crippen LogP contribution in [0.4, 0.5) is 5.69 Å². The van der Waals surface area contributed by atoms with Gasteiger partial charge in [0.2, 0.25) is 0 Å². The monoisotopic (exact) mass is 629 g/mol. The second-order valence-electron chi connectivity index (χ2n) is 9.66. The van der Waals surface area contributed by atoms with Crippen LogP contribution < -0.4 is 18.9 Å². The van der Waals surface area contributed by atoms with Gasteiger partial charge in [-0.2, -0.15) is 0 Å². The summed E-state index contributed by atoms with van der Waals surface area (Å²) in [5.74, 6) is 0.756. The molecule has 0 heterocycles. The number of rotatable bonds is 20. The molecule has 10 heteroatoms. The molecular formula is C36H39NO9. The summed E-state index contributed by atoms with van der Waals surface area (Å²) in [6, 6.07) is 19.2. The topological polar surface area (TPSA) is 119 Å². The maximum atomic E-state index is 12.8. The molecule has 10 nitrogen and oxygen atoms in total. The summed E-state index contributed by atoms with van der Waals surface area (Å²) in [6.45, 7) is 10.6. The van der Waals surface area contributed by atoms with Crippen LogP contribution >= 0.6 is 0 Å². The highest BCUT2D eigenvalue weighted by atomic mass is 16.5. The fourth-order valence-electron chi connectivity index (χ4n) is 3.83. The van der Waals surface area contributed by atoms with Gasteiger partial charge in [-0.05, 0) is 98.8 Å². The Kier molecular flexibility index (Phi) is 15.1. The fraction of sp³-hybridized carbons (Fsp3) is 0.278. The summed E-state index contributed by atoms with van der Waals surface area (Å²) in [5, 5.41) is 0. The Hall–Kier alpha value is -5.38. The van der Waals surface area contributed by atoms with Crippen molar-refractivity contribution < 1.29 is 42.8 Å². The van der Waals surface area contributed by atoms with Gasteiger partial charge in [-0.25, -0.2) is 14.4 Å². The minimum atomic E-state index is -0.521. The number of unbranched alkanes of at least 4 members (excludes halogenated alkanes) is 2. The second kappa shape index (κ2) is 19.8. The van der Waals surface area contributed by atoms with Gasteiger partial charge in [0.05, 0.1) is 38.6 Å². The number of hydrogen-bond acceptors (Lipinski definition) is 10. The molecule has 0 aliphatic carbocycles. The molecule has 3 aromatic carbocycles. The van der Waals surface area contributed by atoms with Crippen molar-refractivity contribution in [1.82, 2.24) is 0 Å². The first kappa shape index (κ1) is 35.1. The van der Waals surface area contributed by atoms with E-state index >= 15 is 0 Å². The van der Waals surface area contributed by atoms with E-state index in [1.807, 2.05) is 31.2 Å². The summed E-state index contributed by atoms with van der Waals surface area (Å²) in [5.41, 5.74) is 1.81. The molecule has 0 N–H and O–H groups in total. The standard InChI is InChI=1S/C36H39NO9/c1-4-34(38)44-23-9-7-21-42-29-15-11-27(12-16-29)26-37-32-20-19-31(25-33(32)41-6-3)46-36(40)28-13-17-30(18-14-28)43-22-8-10-24-45-35(39)5-2/h4-5,11-20,25-26H,1-2,6-10,21-24H2,3H3. The van der Waals surface area contributed by atoms with E-state index in [-0.39, 0.29) is 0 Å². The summed E-state index contributed by atoms with van der Waals surface area (Å²) >= 11 is 0. The van der Waals surface area contributed by atoms with Gasteiger partial charge in [0.25, 0.3) is 0 Å². The van der Waals surface area contributed by atoms with Crippen molar-refractivity contribution in [3.63, 3.8) is 0 Å². The normalized spacial score (nSPS) is 10.5. The minimum absolute atomic E-state index is 0.309. The van der Waals surface area contributed by atoms with Crippen LogP contribution in [0.3, 0.4) is 0 Å². The van der Waals surface area contributed by atoms with Gasteiger partial charge in [-0.3, -0.25) is 4.99 Å². The van der Waals surface area contributed by atoms with E-state index in [0.29, 0.717) is 80.8 Å². The van der Waals surface area contributed by atoms with Crippen LogP contribution in [0.5, 0.6) is 23.0 Å². The first-order chi connectivity index (χ1) is 22.4. The molecule has 0 fully saturated rings. The zero-order valence-corrected chi connectivity index (χ0v) is 26.0. The lowest BCUT2D eigenvalue weighted by Crippen LogP contribution is -2.09. The summed E-state index contributed by atoms with van der Waals surface area (Å²) in [7, 11) is 0. The third-order valence-corrected chi connectivity index (χ3v) is 6.20. The van der Waals surface area contributed by atoms with E-state index in [1.165, 1.54) is 0 Å². The Bertz CT molecular complexity index is 1460. The van der Waals surface area contributed by atoms with E-state index in [2.05, 4.69) is 18.2 Å². The highest BCUT2D eigenvalue weighted by Gasteiger charge is 2.12. The smallest absolute Gasteiger partial charge is 0.343 e. The van der Waals surface area contributed by atoms with Gasteiger partial charge in [0.1, 0.15) is 28.7 Å². The lowest BCUT2D eigenvalue weighted by atomic mass is 10.2. The third-order valence-electron chi connectivity index (χ3n) is 6.20. The molecule has 0 saturated carbocycles. The van der Waals surface area contributed by atoms with Crippen molar-refractivity contribution in [2.24, 2.45) is 4.99 Å². The Labute approximate surface area is 269 Å². The van der Waals surface area contributed by atoms with Crippen molar-refractivity contribution in [3.8, 4) is 23.0 Å². The molecule has 0 unspecified atom stereocenters. The SMILES string of the molecule is C=CC(=O)OCCCCOc1ccc(C=Nc2ccc(OC(=O)c3ccc(OCCCCOC(=O)C=C)cc3)cc2OCC)cc1. The number of ether oxygens (including phenoxy) is 6. The molecule has 0 aromatic heterocycles. The molecular weight excluding hydrogens is 590 g/mol. The molecule has 0 atom stereocenters. The summed E-state index contributed by atoms with van der Waals surface area (Å²) in [4.78, 5) is 39.4. The maximum Gasteiger partial charge on any atom is 0.343 e. The molecule has 0 spiro atoms. The molecule has 0 aliphatic heterocycles. The predicted molar refractivity (Wildman–Crippen MR) is 174 cm³/mol. The highest BCUT2D eigenvalue weighted by Crippen LogP contribution is 2.32. The molecule has 0 aliphatic rings. The Morgan fingerprint density at radius 2 is 1.20 bits per heavy atom. The number of nitrogens with zero attached hydrogens (tertiary/aromatic N) is 1. The van der Waals surface area contributed by atoms with E-state index < -0.39 is 17.9 Å². The van der Waals surface area contributed by atoms with E-state index in [1.54, 1.807) is 48.7 Å². The average molecular weight is 630 g/mol. The highest BCUT2D eigenvalue weighted by molar-refractivity contribution is 5.91. The van der Waals surface area contributed by atoms with Crippen molar-refractivity contribution in [1.29, 1.82) is 0 Å². The molecule has 46 heavy (non-hydrogen) atoms. The quantitative estimate of drug-likeness (QED) is 0.0435. The van der Waals surface area contributed by atoms with E-state index in [4.69, 9.17) is 28.4 Å². The van der Waals surface area contributed by atoms with Crippen molar-refractivity contribution >= 4 is 29.8 Å². The van der Waals surface area contributed by atoms with Crippen LogP contribution in [-0.2, 0) is 19.1 Å². The Balaban J connectivity index is 1.48. The number of carbonyl (C=O) groups is 3. The third kappa shape index (κ3) is 12.7. The number of aliphatic imine (C=N–C) groups is 1. The van der Waals surface area contributed by atoms with Crippen LogP contribution in [-0.4, -0.2) is 57.2 Å². The zero-order valence-electron chi connectivity index (χ0n) is 26.0. The van der Waals surface area contributed by atoms with Gasteiger partial charge in [-0.15, -0.1) is 0 Å². The predicted octanol–water partition coefficient (Wildman–Crippen LogP) is 6.83. The Morgan fingerprint density at radius 1 is 0.674 bits per heavy atom. The molecule has 0 saturated heterocycles. The average Bonchev–Trinajstić information content (AvgIpc) is 3.08. The van der Waals surface area contributed by atoms with Crippen LogP contribution in [0.1, 0.15) is 48.5 Å². The lowest BCUT2D eigenvalue weighted by molar-refractivity contribution is -0.138. The summed E-state index contributed by atoms with van der Waals surface area (Å²) in [6.07, 6.45) is 6.81. The van der Waals surface area contributed by atoms with Gasteiger partial charge >= 0.3 is 17.9 Å². The molecule has 0 radical (unpaired) electrons. The largest absolute Gasteiger partial charge is 0.494 e. The summed E-state index contributed by atoms with van der Waals surface area (Å²) < 4.78 is 32.6. The first-order valence-electron chi connectivity index (χ1n) is 15.0. The number of hydrogen-bond donors (Lipinski definition) is 0. The maximum absolute atomic E-state index is 12.8. The second-order valence-corrected chi connectivity index (χ2v) is 9.66. The van der Waals surface area contributed by atoms with Crippen molar-refractivity contribution in [2.45, 2.75) is 32.6 Å². The van der Waals surface area contributed by atoms with Gasteiger partial charge in [0, 0.05) is 24.4 Å². The van der Waals surface area contributed by atoms with Gasteiger partial charge in [-0.1, -0.05) is 13.2 Å². The molecule has 0 amide bonds. The van der Waals surface area contributed by atoms with Gasteiger partial charge in [0.15, 0.2) is 0 Å². The van der Waals surface area contributed by atoms with Crippen LogP contribution in [0.15, 0.2) is 97.0 Å². The molecule has 242 valence electrons. The zero-order chi connectivity index (χ0) is 33.0. The van der Waals surface area contributed by atoms with Crippen molar-refractivity contribution in [3.05, 3.63) is 103 Å². The lowest BCUT2D eigenvalue weighted by Gasteiger charge is -2.11. The van der Waals surface area contributed by atoms with Crippen LogP contribution in [0, 0.1) is 0 Å².